The summed E-state index contributed by atoms with van der Waals surface area (Å²) in [6.45, 7) is 6.48. The summed E-state index contributed by atoms with van der Waals surface area (Å²) in [6.07, 6.45) is 1.47. The molecule has 1 saturated heterocycles. The van der Waals surface area contributed by atoms with E-state index in [1.165, 1.54) is 6.20 Å². The van der Waals surface area contributed by atoms with Crippen LogP contribution in [0, 0.1) is 12.8 Å². The Bertz CT molecular complexity index is 774. The molecule has 0 aromatic carbocycles. The number of hydrogen-bond donors (Lipinski definition) is 1. The van der Waals surface area contributed by atoms with E-state index in [-0.39, 0.29) is 11.8 Å². The van der Waals surface area contributed by atoms with Crippen molar-refractivity contribution >= 4 is 34.7 Å². The smallest absolute Gasteiger partial charge is 0.257 e. The molecule has 3 rings (SSSR count). The van der Waals surface area contributed by atoms with E-state index >= 15 is 0 Å². The Morgan fingerprint density at radius 2 is 2.29 bits per heavy atom. The van der Waals surface area contributed by atoms with Gasteiger partial charge in [0.1, 0.15) is 6.04 Å². The summed E-state index contributed by atoms with van der Waals surface area (Å²) in [5, 5.41) is 7.47. The van der Waals surface area contributed by atoms with Gasteiger partial charge in [-0.1, -0.05) is 19.0 Å². The van der Waals surface area contributed by atoms with Crippen LogP contribution in [0.3, 0.4) is 0 Å². The maximum absolute atomic E-state index is 12.8. The highest BCUT2D eigenvalue weighted by Crippen LogP contribution is 2.25. The van der Waals surface area contributed by atoms with Gasteiger partial charge in [0.2, 0.25) is 5.91 Å². The maximum Gasteiger partial charge on any atom is 0.257 e. The van der Waals surface area contributed by atoms with Crippen molar-refractivity contribution in [3.8, 4) is 0 Å². The Balaban J connectivity index is 1.79. The topological polar surface area (TPSA) is 88.3 Å². The Morgan fingerprint density at radius 3 is 3.04 bits per heavy atom. The van der Waals surface area contributed by atoms with Crippen molar-refractivity contribution in [2.24, 2.45) is 5.92 Å². The number of carbonyl (C=O) groups is 2. The molecule has 7 nitrogen and oxygen atoms in total. The molecule has 0 aliphatic carbocycles. The van der Waals surface area contributed by atoms with E-state index in [0.717, 1.165) is 0 Å². The fourth-order valence-electron chi connectivity index (χ4n) is 2.51. The first kappa shape index (κ1) is 16.8. The molecule has 1 fully saturated rings. The second-order valence-corrected chi connectivity index (χ2v) is 7.27. The third-order valence-electron chi connectivity index (χ3n) is 3.89. The average Bonchev–Trinajstić information content (AvgIpc) is 3.19. The number of thioether (sulfide) groups is 1. The predicted molar refractivity (Wildman–Crippen MR) is 91.7 cm³/mol. The number of rotatable bonds is 4. The number of nitrogens with one attached hydrogen (secondary N) is 1. The summed E-state index contributed by atoms with van der Waals surface area (Å²) in [6, 6.07) is 1.28. The van der Waals surface area contributed by atoms with Gasteiger partial charge in [0.15, 0.2) is 0 Å². The van der Waals surface area contributed by atoms with Crippen LogP contribution in [0.1, 0.15) is 29.9 Å². The van der Waals surface area contributed by atoms with Gasteiger partial charge in [0, 0.05) is 18.5 Å². The summed E-state index contributed by atoms with van der Waals surface area (Å²) in [5.74, 6) is 1.18. The van der Waals surface area contributed by atoms with E-state index in [1.807, 2.05) is 13.8 Å². The van der Waals surface area contributed by atoms with Crippen molar-refractivity contribution < 1.29 is 14.1 Å². The minimum absolute atomic E-state index is 0.0998. The third-order valence-corrected chi connectivity index (χ3v) is 4.90. The van der Waals surface area contributed by atoms with Crippen molar-refractivity contribution in [2.45, 2.75) is 26.8 Å². The average molecular weight is 348 g/mol. The summed E-state index contributed by atoms with van der Waals surface area (Å²) in [5.41, 5.74) is 1.54. The second kappa shape index (κ2) is 6.80. The van der Waals surface area contributed by atoms with Crippen LogP contribution in [0.25, 0.3) is 11.1 Å². The van der Waals surface area contributed by atoms with Gasteiger partial charge in [-0.05, 0) is 18.9 Å². The maximum atomic E-state index is 12.8. The van der Waals surface area contributed by atoms with Crippen LogP contribution in [0.4, 0.5) is 0 Å². The minimum atomic E-state index is -0.444. The molecule has 1 aliphatic heterocycles. The molecular formula is C16H20N4O3S. The first-order valence-electron chi connectivity index (χ1n) is 7.86. The van der Waals surface area contributed by atoms with Gasteiger partial charge < -0.3 is 14.7 Å². The molecule has 0 bridgehead atoms. The Hall–Kier alpha value is -2.09. The summed E-state index contributed by atoms with van der Waals surface area (Å²) in [7, 11) is 0. The lowest BCUT2D eigenvalue weighted by atomic mass is 10.1. The van der Waals surface area contributed by atoms with Gasteiger partial charge in [0.05, 0.1) is 22.5 Å². The fourth-order valence-corrected chi connectivity index (χ4v) is 3.66. The highest BCUT2D eigenvalue weighted by atomic mass is 32.2. The van der Waals surface area contributed by atoms with Crippen LogP contribution in [-0.4, -0.2) is 51.1 Å². The largest absolute Gasteiger partial charge is 0.354 e. The molecule has 1 atom stereocenters. The standard InChI is InChI=1S/C16H20N4O3S/c1-9(2)5-17-14(21)13-7-24-8-20(13)16(22)11-4-12-10(3)19-23-15(12)18-6-11/h4,6,9,13H,5,7-8H2,1-3H3,(H,17,21)/t13-/m1/s1. The van der Waals surface area contributed by atoms with Crippen LogP contribution >= 0.6 is 11.8 Å². The molecule has 24 heavy (non-hydrogen) atoms. The van der Waals surface area contributed by atoms with Crippen molar-refractivity contribution in [3.05, 3.63) is 23.5 Å². The monoisotopic (exact) mass is 348 g/mol. The summed E-state index contributed by atoms with van der Waals surface area (Å²) >= 11 is 1.58. The van der Waals surface area contributed by atoms with E-state index < -0.39 is 6.04 Å². The van der Waals surface area contributed by atoms with E-state index in [2.05, 4.69) is 15.5 Å². The van der Waals surface area contributed by atoms with E-state index in [1.54, 1.807) is 29.7 Å². The Labute approximate surface area is 144 Å². The fraction of sp³-hybridized carbons (Fsp3) is 0.500. The molecule has 2 aromatic heterocycles. The SMILES string of the molecule is Cc1noc2ncc(C(=O)N3CSC[C@@H]3C(=O)NCC(C)C)cc12. The van der Waals surface area contributed by atoms with Crippen molar-refractivity contribution in [1.29, 1.82) is 0 Å². The van der Waals surface area contributed by atoms with Gasteiger partial charge in [-0.2, -0.15) is 0 Å². The quantitative estimate of drug-likeness (QED) is 0.907. The van der Waals surface area contributed by atoms with Crippen molar-refractivity contribution in [2.75, 3.05) is 18.2 Å². The highest BCUT2D eigenvalue weighted by molar-refractivity contribution is 7.99. The molecule has 2 aromatic rings. The van der Waals surface area contributed by atoms with Crippen LogP contribution in [0.15, 0.2) is 16.8 Å². The molecule has 8 heteroatoms. The number of fused-ring (bicyclic) bond motifs is 1. The molecule has 1 N–H and O–H groups in total. The molecule has 2 amide bonds. The van der Waals surface area contributed by atoms with Crippen LogP contribution < -0.4 is 5.32 Å². The highest BCUT2D eigenvalue weighted by Gasteiger charge is 2.35. The lowest BCUT2D eigenvalue weighted by molar-refractivity contribution is -0.124. The zero-order chi connectivity index (χ0) is 17.3. The number of amides is 2. The van der Waals surface area contributed by atoms with Gasteiger partial charge in [-0.3, -0.25) is 9.59 Å². The molecular weight excluding hydrogens is 328 g/mol. The van der Waals surface area contributed by atoms with Crippen LogP contribution in [0.2, 0.25) is 0 Å². The number of carbonyl (C=O) groups excluding carboxylic acids is 2. The minimum Gasteiger partial charge on any atom is -0.354 e. The summed E-state index contributed by atoms with van der Waals surface area (Å²) in [4.78, 5) is 30.9. The van der Waals surface area contributed by atoms with E-state index in [0.29, 0.717) is 46.4 Å². The normalized spacial score (nSPS) is 17.7. The number of aryl methyl sites for hydroxylation is 1. The number of hydrogen-bond acceptors (Lipinski definition) is 6. The predicted octanol–water partition coefficient (Wildman–Crippen LogP) is 1.82. The molecule has 0 spiro atoms. The van der Waals surface area contributed by atoms with Crippen molar-refractivity contribution in [1.82, 2.24) is 20.4 Å². The van der Waals surface area contributed by atoms with Gasteiger partial charge in [0.25, 0.3) is 11.6 Å². The lowest BCUT2D eigenvalue weighted by Gasteiger charge is -2.23. The molecule has 128 valence electrons. The van der Waals surface area contributed by atoms with E-state index in [9.17, 15) is 9.59 Å². The number of nitrogens with zero attached hydrogens (tertiary/aromatic N) is 3. The molecule has 0 radical (unpaired) electrons. The van der Waals surface area contributed by atoms with Gasteiger partial charge in [-0.25, -0.2) is 4.98 Å². The Morgan fingerprint density at radius 1 is 1.50 bits per heavy atom. The van der Waals surface area contributed by atoms with Crippen molar-refractivity contribution in [3.63, 3.8) is 0 Å². The Kier molecular flexibility index (Phi) is 4.75. The zero-order valence-electron chi connectivity index (χ0n) is 13.9. The van der Waals surface area contributed by atoms with E-state index in [4.69, 9.17) is 4.52 Å². The second-order valence-electron chi connectivity index (χ2n) is 6.27. The number of aromatic nitrogens is 2. The molecule has 3 heterocycles. The van der Waals surface area contributed by atoms with Crippen LogP contribution in [-0.2, 0) is 4.79 Å². The molecule has 0 unspecified atom stereocenters. The van der Waals surface area contributed by atoms with Gasteiger partial charge in [-0.15, -0.1) is 11.8 Å². The molecule has 1 aliphatic rings. The first-order chi connectivity index (χ1) is 11.5. The summed E-state index contributed by atoms with van der Waals surface area (Å²) < 4.78 is 5.07. The number of pyridine rings is 1. The van der Waals surface area contributed by atoms with Crippen LogP contribution in [0.5, 0.6) is 0 Å². The lowest BCUT2D eigenvalue weighted by Crippen LogP contribution is -2.48. The molecule has 0 saturated carbocycles. The van der Waals surface area contributed by atoms with Gasteiger partial charge >= 0.3 is 0 Å². The first-order valence-corrected chi connectivity index (χ1v) is 9.01. The third kappa shape index (κ3) is 3.24. The zero-order valence-corrected chi connectivity index (χ0v) is 14.7.